The monoisotopic (exact) mass is 353 g/mol. The molecule has 1 saturated heterocycles. The number of hydrogen-bond donors (Lipinski definition) is 1. The summed E-state index contributed by atoms with van der Waals surface area (Å²) < 4.78 is 4.92. The van der Waals surface area contributed by atoms with Crippen molar-refractivity contribution in [3.05, 3.63) is 53.9 Å². The standard InChI is InChI=1S/C20H27N5O/c1-21-20(22-14-17-13-19(17)16-5-3-2-4-6-16)25-10-8-24(9-11-25)15-18-7-12-26-23-18/h2-7,12,17,19H,8-11,13-15H2,1H3,(H,21,22). The Morgan fingerprint density at radius 2 is 2.00 bits per heavy atom. The van der Waals surface area contributed by atoms with Crippen molar-refractivity contribution >= 4 is 5.96 Å². The summed E-state index contributed by atoms with van der Waals surface area (Å²) in [5.74, 6) is 2.47. The predicted octanol–water partition coefficient (Wildman–Crippen LogP) is 2.17. The van der Waals surface area contributed by atoms with Crippen molar-refractivity contribution in [2.45, 2.75) is 18.9 Å². The number of benzene rings is 1. The van der Waals surface area contributed by atoms with Gasteiger partial charge in [-0.25, -0.2) is 0 Å². The van der Waals surface area contributed by atoms with Gasteiger partial charge in [0.25, 0.3) is 0 Å². The number of piperazine rings is 1. The van der Waals surface area contributed by atoms with Gasteiger partial charge in [-0.15, -0.1) is 0 Å². The third-order valence-electron chi connectivity index (χ3n) is 5.43. The maximum atomic E-state index is 4.92. The summed E-state index contributed by atoms with van der Waals surface area (Å²) in [7, 11) is 1.88. The summed E-state index contributed by atoms with van der Waals surface area (Å²) >= 11 is 0. The molecule has 2 atom stereocenters. The van der Waals surface area contributed by atoms with Crippen LogP contribution in [-0.2, 0) is 6.54 Å². The van der Waals surface area contributed by atoms with Crippen molar-refractivity contribution in [2.75, 3.05) is 39.8 Å². The minimum atomic E-state index is 0.709. The molecule has 26 heavy (non-hydrogen) atoms. The van der Waals surface area contributed by atoms with Crippen LogP contribution >= 0.6 is 0 Å². The number of rotatable bonds is 5. The molecule has 2 aromatic rings. The van der Waals surface area contributed by atoms with Crippen molar-refractivity contribution in [2.24, 2.45) is 10.9 Å². The highest BCUT2D eigenvalue weighted by Crippen LogP contribution is 2.46. The highest BCUT2D eigenvalue weighted by atomic mass is 16.5. The number of nitrogens with zero attached hydrogens (tertiary/aromatic N) is 4. The van der Waals surface area contributed by atoms with Gasteiger partial charge in [0.2, 0.25) is 0 Å². The van der Waals surface area contributed by atoms with E-state index in [2.05, 4.69) is 55.6 Å². The molecule has 6 heteroatoms. The van der Waals surface area contributed by atoms with Gasteiger partial charge >= 0.3 is 0 Å². The highest BCUT2D eigenvalue weighted by Gasteiger charge is 2.38. The third kappa shape index (κ3) is 4.07. The Morgan fingerprint density at radius 3 is 2.69 bits per heavy atom. The number of nitrogens with one attached hydrogen (secondary N) is 1. The van der Waals surface area contributed by atoms with Crippen molar-refractivity contribution in [1.82, 2.24) is 20.3 Å². The van der Waals surface area contributed by atoms with E-state index < -0.39 is 0 Å². The lowest BCUT2D eigenvalue weighted by atomic mass is 10.1. The Balaban J connectivity index is 1.22. The van der Waals surface area contributed by atoms with Gasteiger partial charge in [0.05, 0.1) is 5.69 Å². The van der Waals surface area contributed by atoms with Crippen LogP contribution in [0.3, 0.4) is 0 Å². The van der Waals surface area contributed by atoms with Crippen molar-refractivity contribution in [1.29, 1.82) is 0 Å². The number of aliphatic imine (C=N–C) groups is 1. The van der Waals surface area contributed by atoms with E-state index in [-0.39, 0.29) is 0 Å². The molecule has 4 rings (SSSR count). The van der Waals surface area contributed by atoms with E-state index in [1.807, 2.05) is 13.1 Å². The summed E-state index contributed by atoms with van der Waals surface area (Å²) in [6.45, 7) is 5.88. The molecule has 2 heterocycles. The normalized spacial score (nSPS) is 23.9. The fourth-order valence-electron chi connectivity index (χ4n) is 3.80. The van der Waals surface area contributed by atoms with E-state index in [0.29, 0.717) is 5.92 Å². The highest BCUT2D eigenvalue weighted by molar-refractivity contribution is 5.80. The molecule has 0 bridgehead atoms. The molecule has 138 valence electrons. The summed E-state index contributed by atoms with van der Waals surface area (Å²) in [5.41, 5.74) is 2.47. The zero-order chi connectivity index (χ0) is 17.8. The van der Waals surface area contributed by atoms with Gasteiger partial charge in [-0.2, -0.15) is 0 Å². The second kappa shape index (κ2) is 7.91. The molecule has 1 aliphatic heterocycles. The number of guanidine groups is 1. The van der Waals surface area contributed by atoms with Crippen LogP contribution in [0, 0.1) is 5.92 Å². The first-order valence-electron chi connectivity index (χ1n) is 9.45. The van der Waals surface area contributed by atoms with Crippen molar-refractivity contribution < 1.29 is 4.52 Å². The fourth-order valence-corrected chi connectivity index (χ4v) is 3.80. The van der Waals surface area contributed by atoms with E-state index in [1.54, 1.807) is 6.26 Å². The Hall–Kier alpha value is -2.34. The molecule has 0 radical (unpaired) electrons. The van der Waals surface area contributed by atoms with Crippen LogP contribution in [0.5, 0.6) is 0 Å². The molecular weight excluding hydrogens is 326 g/mol. The first-order chi connectivity index (χ1) is 12.8. The lowest BCUT2D eigenvalue weighted by Crippen LogP contribution is -2.52. The Morgan fingerprint density at radius 1 is 1.19 bits per heavy atom. The van der Waals surface area contributed by atoms with Gasteiger partial charge in [-0.3, -0.25) is 9.89 Å². The van der Waals surface area contributed by atoms with Crippen molar-refractivity contribution in [3.8, 4) is 0 Å². The van der Waals surface area contributed by atoms with Crippen LogP contribution in [-0.4, -0.2) is 60.7 Å². The summed E-state index contributed by atoms with van der Waals surface area (Å²) in [5, 5.41) is 7.59. The second-order valence-electron chi connectivity index (χ2n) is 7.20. The molecule has 6 nitrogen and oxygen atoms in total. The average Bonchev–Trinajstić information content (AvgIpc) is 3.29. The van der Waals surface area contributed by atoms with Crippen LogP contribution < -0.4 is 5.32 Å². The van der Waals surface area contributed by atoms with Gasteiger partial charge < -0.3 is 14.7 Å². The van der Waals surface area contributed by atoms with Gasteiger partial charge in [-0.1, -0.05) is 35.5 Å². The van der Waals surface area contributed by atoms with Crippen LogP contribution in [0.15, 0.2) is 52.2 Å². The van der Waals surface area contributed by atoms with E-state index in [4.69, 9.17) is 4.52 Å². The van der Waals surface area contributed by atoms with Gasteiger partial charge in [0, 0.05) is 52.4 Å². The first-order valence-corrected chi connectivity index (χ1v) is 9.45. The van der Waals surface area contributed by atoms with Gasteiger partial charge in [0.15, 0.2) is 5.96 Å². The summed E-state index contributed by atoms with van der Waals surface area (Å²) in [4.78, 5) is 9.27. The van der Waals surface area contributed by atoms with E-state index >= 15 is 0 Å². The zero-order valence-corrected chi connectivity index (χ0v) is 15.3. The predicted molar refractivity (Wildman–Crippen MR) is 102 cm³/mol. The molecule has 0 spiro atoms. The van der Waals surface area contributed by atoms with Gasteiger partial charge in [-0.05, 0) is 23.8 Å². The van der Waals surface area contributed by atoms with Crippen LogP contribution in [0.25, 0.3) is 0 Å². The number of hydrogen-bond acceptors (Lipinski definition) is 4. The van der Waals surface area contributed by atoms with Gasteiger partial charge in [0.1, 0.15) is 6.26 Å². The molecular formula is C20H27N5O. The second-order valence-corrected chi connectivity index (χ2v) is 7.20. The minimum Gasteiger partial charge on any atom is -0.364 e. The van der Waals surface area contributed by atoms with Crippen LogP contribution in [0.1, 0.15) is 23.6 Å². The molecule has 1 aromatic carbocycles. The molecule has 0 amide bonds. The Bertz CT molecular complexity index is 707. The molecule has 2 fully saturated rings. The lowest BCUT2D eigenvalue weighted by Gasteiger charge is -2.36. The van der Waals surface area contributed by atoms with Crippen LogP contribution in [0.2, 0.25) is 0 Å². The molecule has 1 aliphatic carbocycles. The quantitative estimate of drug-likeness (QED) is 0.659. The molecule has 1 N–H and O–H groups in total. The SMILES string of the molecule is CN=C(NCC1CC1c1ccccc1)N1CCN(Cc2ccon2)CC1. The maximum Gasteiger partial charge on any atom is 0.193 e. The summed E-state index contributed by atoms with van der Waals surface area (Å²) in [6, 6.07) is 12.8. The van der Waals surface area contributed by atoms with E-state index in [0.717, 1.165) is 56.8 Å². The zero-order valence-electron chi connectivity index (χ0n) is 15.3. The fraction of sp³-hybridized carbons (Fsp3) is 0.500. The Kier molecular flexibility index (Phi) is 5.20. The smallest absolute Gasteiger partial charge is 0.193 e. The first kappa shape index (κ1) is 17.1. The third-order valence-corrected chi connectivity index (χ3v) is 5.43. The molecule has 2 aliphatic rings. The lowest BCUT2D eigenvalue weighted by molar-refractivity contribution is 0.169. The number of aromatic nitrogens is 1. The molecule has 1 saturated carbocycles. The van der Waals surface area contributed by atoms with Crippen molar-refractivity contribution in [3.63, 3.8) is 0 Å². The molecule has 1 aromatic heterocycles. The maximum absolute atomic E-state index is 4.92. The topological polar surface area (TPSA) is 56.9 Å². The van der Waals surface area contributed by atoms with E-state index in [9.17, 15) is 0 Å². The minimum absolute atomic E-state index is 0.709. The molecule has 2 unspecified atom stereocenters. The largest absolute Gasteiger partial charge is 0.364 e. The van der Waals surface area contributed by atoms with E-state index in [1.165, 1.54) is 12.0 Å². The van der Waals surface area contributed by atoms with Crippen LogP contribution in [0.4, 0.5) is 0 Å². The Labute approximate surface area is 154 Å². The summed E-state index contributed by atoms with van der Waals surface area (Å²) in [6.07, 6.45) is 2.91. The average molecular weight is 353 g/mol.